The van der Waals surface area contributed by atoms with Crippen LogP contribution >= 0.6 is 0 Å². The molecular formula is C21H26N4O3S. The van der Waals surface area contributed by atoms with Crippen molar-refractivity contribution in [3.05, 3.63) is 47.4 Å². The van der Waals surface area contributed by atoms with Crippen molar-refractivity contribution in [2.75, 3.05) is 11.9 Å². The molecule has 2 aromatic rings. The van der Waals surface area contributed by atoms with Crippen LogP contribution in [0.3, 0.4) is 0 Å². The molecule has 29 heavy (non-hydrogen) atoms. The van der Waals surface area contributed by atoms with Crippen molar-refractivity contribution < 1.29 is 13.2 Å². The fraction of sp³-hybridized carbons (Fsp3) is 0.476. The SMILES string of the molecule is CCC1CCCCN1S(=O)(=O)c1ccc(C(=O)Nc2ncnc3c2CCC3)cc1. The van der Waals surface area contributed by atoms with E-state index in [9.17, 15) is 13.2 Å². The first-order chi connectivity index (χ1) is 14.0. The number of nitrogens with one attached hydrogen (secondary N) is 1. The fourth-order valence-electron chi connectivity index (χ4n) is 4.26. The van der Waals surface area contributed by atoms with Crippen LogP contribution in [0.4, 0.5) is 5.82 Å². The zero-order valence-electron chi connectivity index (χ0n) is 16.6. The van der Waals surface area contributed by atoms with Crippen molar-refractivity contribution in [2.24, 2.45) is 0 Å². The predicted octanol–water partition coefficient (Wildman–Crippen LogP) is 3.17. The molecule has 1 atom stereocenters. The highest BCUT2D eigenvalue weighted by Gasteiger charge is 2.32. The third kappa shape index (κ3) is 3.91. The van der Waals surface area contributed by atoms with E-state index in [1.807, 2.05) is 6.92 Å². The number of carbonyl (C=O) groups excluding carboxylic acids is 1. The molecule has 8 heteroatoms. The van der Waals surface area contributed by atoms with E-state index in [0.29, 0.717) is 17.9 Å². The Morgan fingerprint density at radius 2 is 1.93 bits per heavy atom. The second kappa shape index (κ2) is 8.20. The van der Waals surface area contributed by atoms with Crippen molar-refractivity contribution >= 4 is 21.7 Å². The van der Waals surface area contributed by atoms with Gasteiger partial charge in [0.15, 0.2) is 0 Å². The molecule has 1 saturated heterocycles. The number of benzene rings is 1. The number of carbonyl (C=O) groups is 1. The molecule has 0 bridgehead atoms. The van der Waals surface area contributed by atoms with Gasteiger partial charge in [0.1, 0.15) is 12.1 Å². The van der Waals surface area contributed by atoms with Crippen LogP contribution in [0.5, 0.6) is 0 Å². The van der Waals surface area contributed by atoms with Gasteiger partial charge in [0.2, 0.25) is 10.0 Å². The van der Waals surface area contributed by atoms with Gasteiger partial charge in [-0.25, -0.2) is 18.4 Å². The van der Waals surface area contributed by atoms with Crippen molar-refractivity contribution in [1.29, 1.82) is 0 Å². The maximum absolute atomic E-state index is 13.1. The number of piperidine rings is 1. The molecule has 1 aromatic carbocycles. The molecule has 2 aliphatic rings. The number of hydrogen-bond acceptors (Lipinski definition) is 5. The third-order valence-electron chi connectivity index (χ3n) is 5.87. The molecule has 1 unspecified atom stereocenters. The van der Waals surface area contributed by atoms with Gasteiger partial charge < -0.3 is 5.32 Å². The lowest BCUT2D eigenvalue weighted by Crippen LogP contribution is -2.43. The number of aryl methyl sites for hydroxylation is 1. The van der Waals surface area contributed by atoms with Gasteiger partial charge in [-0.05, 0) is 62.8 Å². The summed E-state index contributed by atoms with van der Waals surface area (Å²) < 4.78 is 27.8. The summed E-state index contributed by atoms with van der Waals surface area (Å²) in [5.74, 6) is 0.249. The van der Waals surface area contributed by atoms with Crippen molar-refractivity contribution in [3.63, 3.8) is 0 Å². The molecule has 0 saturated carbocycles. The van der Waals surface area contributed by atoms with Gasteiger partial charge in [0.25, 0.3) is 5.91 Å². The zero-order chi connectivity index (χ0) is 20.4. The summed E-state index contributed by atoms with van der Waals surface area (Å²) in [6.07, 6.45) is 7.91. The molecule has 0 radical (unpaired) electrons. The van der Waals surface area contributed by atoms with E-state index < -0.39 is 10.0 Å². The predicted molar refractivity (Wildman–Crippen MR) is 110 cm³/mol. The van der Waals surface area contributed by atoms with Crippen LogP contribution in [-0.2, 0) is 22.9 Å². The average molecular weight is 415 g/mol. The van der Waals surface area contributed by atoms with Crippen LogP contribution in [0.1, 0.15) is 60.6 Å². The van der Waals surface area contributed by atoms with Gasteiger partial charge >= 0.3 is 0 Å². The first kappa shape index (κ1) is 20.0. The monoisotopic (exact) mass is 414 g/mol. The Hall–Kier alpha value is -2.32. The summed E-state index contributed by atoms with van der Waals surface area (Å²) in [6, 6.07) is 6.23. The number of anilines is 1. The number of aromatic nitrogens is 2. The molecule has 1 fully saturated rings. The lowest BCUT2D eigenvalue weighted by atomic mass is 10.0. The summed E-state index contributed by atoms with van der Waals surface area (Å²) in [4.78, 5) is 21.3. The summed E-state index contributed by atoms with van der Waals surface area (Å²) >= 11 is 0. The zero-order valence-corrected chi connectivity index (χ0v) is 17.4. The second-order valence-electron chi connectivity index (χ2n) is 7.65. The maximum atomic E-state index is 13.1. The van der Waals surface area contributed by atoms with E-state index in [1.165, 1.54) is 18.5 Å². The largest absolute Gasteiger partial charge is 0.306 e. The molecular weight excluding hydrogens is 388 g/mol. The summed E-state index contributed by atoms with van der Waals surface area (Å²) in [6.45, 7) is 2.58. The Morgan fingerprint density at radius 3 is 2.69 bits per heavy atom. The van der Waals surface area contributed by atoms with Gasteiger partial charge in [0.05, 0.1) is 4.90 Å². The quantitative estimate of drug-likeness (QED) is 0.811. The average Bonchev–Trinajstić information content (AvgIpc) is 3.23. The Kier molecular flexibility index (Phi) is 5.65. The van der Waals surface area contributed by atoms with Gasteiger partial charge in [0, 0.05) is 29.4 Å². The van der Waals surface area contributed by atoms with E-state index in [1.54, 1.807) is 16.4 Å². The summed E-state index contributed by atoms with van der Waals surface area (Å²) in [5.41, 5.74) is 2.39. The Balaban J connectivity index is 1.52. The van der Waals surface area contributed by atoms with Crippen molar-refractivity contribution in [1.82, 2.24) is 14.3 Å². The minimum absolute atomic E-state index is 0.0524. The Labute approximate surface area is 171 Å². The molecule has 1 aromatic heterocycles. The summed E-state index contributed by atoms with van der Waals surface area (Å²) in [5, 5.41) is 2.85. The first-order valence-corrected chi connectivity index (χ1v) is 11.7. The molecule has 1 aliphatic carbocycles. The van der Waals surface area contributed by atoms with Crippen LogP contribution in [0, 0.1) is 0 Å². The van der Waals surface area contributed by atoms with Crippen LogP contribution in [-0.4, -0.2) is 41.2 Å². The van der Waals surface area contributed by atoms with Gasteiger partial charge in [-0.3, -0.25) is 4.79 Å². The van der Waals surface area contributed by atoms with Crippen LogP contribution in [0.25, 0.3) is 0 Å². The topological polar surface area (TPSA) is 92.3 Å². The van der Waals surface area contributed by atoms with E-state index in [0.717, 1.165) is 56.2 Å². The van der Waals surface area contributed by atoms with Gasteiger partial charge in [-0.15, -0.1) is 0 Å². The number of fused-ring (bicyclic) bond motifs is 1. The third-order valence-corrected chi connectivity index (χ3v) is 7.84. The van der Waals surface area contributed by atoms with Gasteiger partial charge in [-0.1, -0.05) is 13.3 Å². The molecule has 0 spiro atoms. The number of hydrogen-bond donors (Lipinski definition) is 1. The molecule has 1 aliphatic heterocycles. The minimum Gasteiger partial charge on any atom is -0.306 e. The molecule has 1 amide bonds. The summed E-state index contributed by atoms with van der Waals surface area (Å²) in [7, 11) is -3.55. The van der Waals surface area contributed by atoms with Crippen molar-refractivity contribution in [3.8, 4) is 0 Å². The Morgan fingerprint density at radius 1 is 1.14 bits per heavy atom. The first-order valence-electron chi connectivity index (χ1n) is 10.3. The smallest absolute Gasteiger partial charge is 0.256 e. The van der Waals surface area contributed by atoms with Gasteiger partial charge in [-0.2, -0.15) is 4.31 Å². The number of amides is 1. The van der Waals surface area contributed by atoms with E-state index in [-0.39, 0.29) is 16.8 Å². The normalized spacial score (nSPS) is 19.7. The second-order valence-corrected chi connectivity index (χ2v) is 9.54. The van der Waals surface area contributed by atoms with Crippen molar-refractivity contribution in [2.45, 2.75) is 62.8 Å². The fourth-order valence-corrected chi connectivity index (χ4v) is 6.03. The molecule has 154 valence electrons. The lowest BCUT2D eigenvalue weighted by molar-refractivity contribution is 0.102. The van der Waals surface area contributed by atoms with E-state index in [4.69, 9.17) is 0 Å². The number of sulfonamides is 1. The number of rotatable bonds is 5. The standard InChI is InChI=1S/C21H26N4O3S/c1-2-16-6-3-4-13-25(16)29(27,28)17-11-9-15(10-12-17)21(26)24-20-18-7-5-8-19(18)22-14-23-20/h9-12,14,16H,2-8,13H2,1H3,(H,22,23,24,26). The lowest BCUT2D eigenvalue weighted by Gasteiger charge is -2.34. The van der Waals surface area contributed by atoms with E-state index in [2.05, 4.69) is 15.3 Å². The van der Waals surface area contributed by atoms with Crippen LogP contribution in [0.15, 0.2) is 35.5 Å². The van der Waals surface area contributed by atoms with E-state index >= 15 is 0 Å². The Bertz CT molecular complexity index is 1010. The maximum Gasteiger partial charge on any atom is 0.256 e. The molecule has 4 rings (SSSR count). The van der Waals surface area contributed by atoms with Crippen LogP contribution in [0.2, 0.25) is 0 Å². The van der Waals surface area contributed by atoms with Crippen LogP contribution < -0.4 is 5.32 Å². The molecule has 1 N–H and O–H groups in total. The molecule has 2 heterocycles. The number of nitrogens with zero attached hydrogens (tertiary/aromatic N) is 3. The minimum atomic E-state index is -3.55. The highest BCUT2D eigenvalue weighted by Crippen LogP contribution is 2.28. The molecule has 7 nitrogen and oxygen atoms in total. The highest BCUT2D eigenvalue weighted by atomic mass is 32.2. The highest BCUT2D eigenvalue weighted by molar-refractivity contribution is 7.89.